The quantitative estimate of drug-likeness (QED) is 0.400. The third-order valence-electron chi connectivity index (χ3n) is 4.41. The molecule has 0 fully saturated rings. The topological polar surface area (TPSA) is 96.4 Å². The maximum atomic E-state index is 12.4. The number of carbonyl (C=O) groups is 1. The number of rotatable bonds is 8. The van der Waals surface area contributed by atoms with E-state index in [0.29, 0.717) is 23.9 Å². The van der Waals surface area contributed by atoms with Crippen molar-refractivity contribution in [2.45, 2.75) is 39.3 Å². The highest BCUT2D eigenvalue weighted by atomic mass is 35.5. The van der Waals surface area contributed by atoms with Crippen LogP contribution < -0.4 is 10.6 Å². The van der Waals surface area contributed by atoms with E-state index in [2.05, 4.69) is 36.4 Å². The van der Waals surface area contributed by atoms with Crippen LogP contribution in [0.25, 0.3) is 11.3 Å². The largest absolute Gasteiger partial charge is 0.394 e. The number of amides is 2. The van der Waals surface area contributed by atoms with E-state index in [1.165, 1.54) is 0 Å². The first-order valence-electron chi connectivity index (χ1n) is 10.2. The van der Waals surface area contributed by atoms with E-state index in [9.17, 15) is 4.79 Å². The Morgan fingerprint density at radius 1 is 1.25 bits per heavy atom. The van der Waals surface area contributed by atoms with Gasteiger partial charge in [0, 0.05) is 16.0 Å². The van der Waals surface area contributed by atoms with Gasteiger partial charge in [-0.15, -0.1) is 11.3 Å². The standard InChI is InChI=1S/C23H27ClN4O3S/c1-23(2,3)21-28-20(15-5-4-6-16(24)11-15)19(32-21)13-26-22(30)27-17-7-8-18(25-12-17)14-31-10-9-29/h4-8,11-12,29H,9-10,13-14H2,1-3H3,(H2,26,27,30). The smallest absolute Gasteiger partial charge is 0.319 e. The normalized spacial score (nSPS) is 11.4. The number of nitrogens with zero attached hydrogens (tertiary/aromatic N) is 2. The van der Waals surface area contributed by atoms with Crippen molar-refractivity contribution in [1.29, 1.82) is 0 Å². The zero-order valence-electron chi connectivity index (χ0n) is 18.3. The van der Waals surface area contributed by atoms with Crippen molar-refractivity contribution >= 4 is 34.7 Å². The lowest BCUT2D eigenvalue weighted by molar-refractivity contribution is 0.0797. The summed E-state index contributed by atoms with van der Waals surface area (Å²) in [5.41, 5.74) is 2.94. The Morgan fingerprint density at radius 3 is 2.72 bits per heavy atom. The van der Waals surface area contributed by atoms with Gasteiger partial charge in [0.2, 0.25) is 0 Å². The minimum Gasteiger partial charge on any atom is -0.394 e. The number of benzene rings is 1. The van der Waals surface area contributed by atoms with Crippen LogP contribution in [0.5, 0.6) is 0 Å². The van der Waals surface area contributed by atoms with Crippen LogP contribution in [0.1, 0.15) is 36.3 Å². The molecule has 0 unspecified atom stereocenters. The van der Waals surface area contributed by atoms with Gasteiger partial charge in [0.25, 0.3) is 0 Å². The van der Waals surface area contributed by atoms with Gasteiger partial charge in [0.1, 0.15) is 0 Å². The molecule has 2 heterocycles. The van der Waals surface area contributed by atoms with Gasteiger partial charge in [-0.05, 0) is 24.3 Å². The van der Waals surface area contributed by atoms with Crippen LogP contribution in [0, 0.1) is 0 Å². The molecule has 3 aromatic rings. The number of hydrogen-bond acceptors (Lipinski definition) is 6. The monoisotopic (exact) mass is 474 g/mol. The van der Waals surface area contributed by atoms with E-state index in [-0.39, 0.29) is 24.7 Å². The minimum absolute atomic E-state index is 0.0319. The highest BCUT2D eigenvalue weighted by Crippen LogP contribution is 2.35. The summed E-state index contributed by atoms with van der Waals surface area (Å²) < 4.78 is 5.23. The number of anilines is 1. The van der Waals surface area contributed by atoms with Crippen molar-refractivity contribution in [3.8, 4) is 11.3 Å². The Kier molecular flexibility index (Phi) is 8.20. The fraction of sp³-hybridized carbons (Fsp3) is 0.348. The van der Waals surface area contributed by atoms with Gasteiger partial charge in [-0.25, -0.2) is 9.78 Å². The Morgan fingerprint density at radius 2 is 2.06 bits per heavy atom. The maximum Gasteiger partial charge on any atom is 0.319 e. The van der Waals surface area contributed by atoms with Crippen LogP contribution in [0.4, 0.5) is 10.5 Å². The molecule has 9 heteroatoms. The van der Waals surface area contributed by atoms with Gasteiger partial charge >= 0.3 is 6.03 Å². The second-order valence-electron chi connectivity index (χ2n) is 8.17. The number of hydrogen-bond donors (Lipinski definition) is 3. The first-order valence-corrected chi connectivity index (χ1v) is 11.4. The van der Waals surface area contributed by atoms with Crippen LogP contribution in [-0.4, -0.2) is 34.3 Å². The van der Waals surface area contributed by atoms with E-state index in [0.717, 1.165) is 26.8 Å². The average Bonchev–Trinajstić information content (AvgIpc) is 3.19. The lowest BCUT2D eigenvalue weighted by atomic mass is 9.98. The summed E-state index contributed by atoms with van der Waals surface area (Å²) in [6.45, 7) is 7.21. The number of ether oxygens (including phenoxy) is 1. The van der Waals surface area contributed by atoms with Crippen molar-refractivity contribution in [3.05, 3.63) is 63.2 Å². The average molecular weight is 475 g/mol. The first-order chi connectivity index (χ1) is 15.3. The molecule has 170 valence electrons. The predicted molar refractivity (Wildman–Crippen MR) is 128 cm³/mol. The van der Waals surface area contributed by atoms with Crippen LogP contribution in [0.3, 0.4) is 0 Å². The molecule has 2 amide bonds. The predicted octanol–water partition coefficient (Wildman–Crippen LogP) is 4.99. The summed E-state index contributed by atoms with van der Waals surface area (Å²) in [6.07, 6.45) is 1.57. The molecule has 0 atom stereocenters. The number of pyridine rings is 1. The molecule has 0 aliphatic rings. The third kappa shape index (κ3) is 6.74. The van der Waals surface area contributed by atoms with Crippen LogP contribution in [0.15, 0.2) is 42.6 Å². The Hall–Kier alpha value is -2.52. The van der Waals surface area contributed by atoms with E-state index >= 15 is 0 Å². The molecule has 0 radical (unpaired) electrons. The molecule has 0 spiro atoms. The molecule has 1 aromatic carbocycles. The Bertz CT molecular complexity index is 1050. The van der Waals surface area contributed by atoms with Gasteiger partial charge in [0.15, 0.2) is 0 Å². The molecule has 2 aromatic heterocycles. The van der Waals surface area contributed by atoms with Crippen LogP contribution in [0.2, 0.25) is 5.02 Å². The number of thiazole rings is 1. The third-order valence-corrected chi connectivity index (χ3v) is 6.13. The van der Waals surface area contributed by atoms with Crippen molar-refractivity contribution < 1.29 is 14.6 Å². The number of urea groups is 1. The first kappa shape index (κ1) is 24.1. The summed E-state index contributed by atoms with van der Waals surface area (Å²) in [4.78, 5) is 22.5. The highest BCUT2D eigenvalue weighted by molar-refractivity contribution is 7.12. The van der Waals surface area contributed by atoms with Gasteiger partial charge < -0.3 is 20.5 Å². The number of aliphatic hydroxyl groups excluding tert-OH is 1. The van der Waals surface area contributed by atoms with Crippen molar-refractivity contribution in [2.75, 3.05) is 18.5 Å². The molecule has 32 heavy (non-hydrogen) atoms. The zero-order chi connectivity index (χ0) is 23.1. The minimum atomic E-state index is -0.334. The number of halogens is 1. The SMILES string of the molecule is CC(C)(C)c1nc(-c2cccc(Cl)c2)c(CNC(=O)Nc2ccc(COCCO)nc2)s1. The Balaban J connectivity index is 1.66. The fourth-order valence-electron chi connectivity index (χ4n) is 2.81. The fourth-order valence-corrected chi connectivity index (χ4v) is 4.09. The molecular formula is C23H27ClN4O3S. The van der Waals surface area contributed by atoms with E-state index in [4.69, 9.17) is 26.4 Å². The van der Waals surface area contributed by atoms with Crippen molar-refractivity contribution in [1.82, 2.24) is 15.3 Å². The summed E-state index contributed by atoms with van der Waals surface area (Å²) in [7, 11) is 0. The second kappa shape index (κ2) is 10.9. The lowest BCUT2D eigenvalue weighted by Gasteiger charge is -2.13. The molecular weight excluding hydrogens is 448 g/mol. The van der Waals surface area contributed by atoms with Crippen LogP contribution in [-0.2, 0) is 23.3 Å². The highest BCUT2D eigenvalue weighted by Gasteiger charge is 2.22. The Labute approximate surface area is 196 Å². The van der Waals surface area contributed by atoms with Gasteiger partial charge in [-0.1, -0.05) is 44.5 Å². The lowest BCUT2D eigenvalue weighted by Crippen LogP contribution is -2.28. The summed E-state index contributed by atoms with van der Waals surface area (Å²) in [5.74, 6) is 0. The molecule has 0 aliphatic carbocycles. The van der Waals surface area contributed by atoms with Crippen molar-refractivity contribution in [2.24, 2.45) is 0 Å². The number of aliphatic hydroxyl groups is 1. The van der Waals surface area contributed by atoms with E-state index < -0.39 is 0 Å². The molecule has 0 bridgehead atoms. The van der Waals surface area contributed by atoms with Gasteiger partial charge in [0.05, 0.1) is 59.5 Å². The summed E-state index contributed by atoms with van der Waals surface area (Å²) >= 11 is 7.77. The summed E-state index contributed by atoms with van der Waals surface area (Å²) in [5, 5.41) is 16.1. The van der Waals surface area contributed by atoms with Crippen molar-refractivity contribution in [3.63, 3.8) is 0 Å². The molecule has 0 saturated heterocycles. The van der Waals surface area contributed by atoms with Gasteiger partial charge in [-0.2, -0.15) is 0 Å². The molecule has 7 nitrogen and oxygen atoms in total. The second-order valence-corrected chi connectivity index (χ2v) is 9.69. The summed E-state index contributed by atoms with van der Waals surface area (Å²) in [6, 6.07) is 10.8. The van der Waals surface area contributed by atoms with E-state index in [1.54, 1.807) is 29.7 Å². The zero-order valence-corrected chi connectivity index (χ0v) is 19.9. The van der Waals surface area contributed by atoms with Gasteiger partial charge in [-0.3, -0.25) is 4.98 Å². The van der Waals surface area contributed by atoms with E-state index in [1.807, 2.05) is 24.3 Å². The molecule has 3 N–H and O–H groups in total. The molecule has 3 rings (SSSR count). The molecule has 0 aliphatic heterocycles. The number of nitrogens with one attached hydrogen (secondary N) is 2. The molecule has 0 saturated carbocycles. The van der Waals surface area contributed by atoms with Crippen LogP contribution >= 0.6 is 22.9 Å². The number of aromatic nitrogens is 2. The number of carbonyl (C=O) groups excluding carboxylic acids is 1. The maximum absolute atomic E-state index is 12.4.